The van der Waals surface area contributed by atoms with Gasteiger partial charge in [-0.25, -0.2) is 4.79 Å². The summed E-state index contributed by atoms with van der Waals surface area (Å²) in [5.74, 6) is 0.219. The second-order valence-electron chi connectivity index (χ2n) is 4.07. The highest BCUT2D eigenvalue weighted by Crippen LogP contribution is 2.22. The molecule has 3 N–H and O–H groups in total. The first-order valence-corrected chi connectivity index (χ1v) is 6.59. The Bertz CT molecular complexity index is 413. The van der Waals surface area contributed by atoms with Crippen molar-refractivity contribution in [1.82, 2.24) is 5.32 Å². The monoisotopic (exact) mass is 302 g/mol. The molecule has 0 heterocycles. The molecule has 0 unspecified atom stereocenters. The number of anilines is 1. The smallest absolute Gasteiger partial charge is 0.338 e. The van der Waals surface area contributed by atoms with Gasteiger partial charge in [-0.15, -0.1) is 12.4 Å². The van der Waals surface area contributed by atoms with Gasteiger partial charge in [0.25, 0.3) is 0 Å². The molecule has 6 heteroatoms. The topological polar surface area (TPSA) is 73.6 Å². The molecule has 0 spiro atoms. The van der Waals surface area contributed by atoms with Crippen LogP contribution in [0.4, 0.5) is 5.69 Å². The zero-order chi connectivity index (χ0) is 14.1. The van der Waals surface area contributed by atoms with Gasteiger partial charge in [-0.3, -0.25) is 0 Å². The fourth-order valence-electron chi connectivity index (χ4n) is 1.56. The van der Waals surface area contributed by atoms with Crippen LogP contribution < -0.4 is 15.8 Å². The summed E-state index contributed by atoms with van der Waals surface area (Å²) in [5, 5.41) is 3.16. The molecule has 5 nitrogen and oxygen atoms in total. The van der Waals surface area contributed by atoms with Crippen molar-refractivity contribution in [3.63, 3.8) is 0 Å². The van der Waals surface area contributed by atoms with E-state index in [1.807, 2.05) is 6.92 Å². The molecule has 0 bridgehead atoms. The van der Waals surface area contributed by atoms with Gasteiger partial charge in [0.2, 0.25) is 0 Å². The summed E-state index contributed by atoms with van der Waals surface area (Å²) in [5.41, 5.74) is 6.68. The van der Waals surface area contributed by atoms with Crippen LogP contribution in [0.25, 0.3) is 0 Å². The Morgan fingerprint density at radius 3 is 2.65 bits per heavy atom. The van der Waals surface area contributed by atoms with E-state index in [4.69, 9.17) is 15.2 Å². The Morgan fingerprint density at radius 2 is 2.05 bits per heavy atom. The third-order valence-corrected chi connectivity index (χ3v) is 2.48. The molecule has 0 amide bonds. The second kappa shape index (κ2) is 10.3. The van der Waals surface area contributed by atoms with Crippen LogP contribution in [-0.2, 0) is 4.74 Å². The largest absolute Gasteiger partial charge is 0.492 e. The molecular weight excluding hydrogens is 280 g/mol. The molecule has 1 aromatic rings. The van der Waals surface area contributed by atoms with Crippen LogP contribution in [0.3, 0.4) is 0 Å². The standard InChI is InChI=1S/C14H22N2O3.ClH/c1-3-7-16-8-9-19-14(17)11-5-6-13(18-4-2)12(15)10-11;/h5-6,10,16H,3-4,7-9,15H2,1-2H3;1H. The zero-order valence-electron chi connectivity index (χ0n) is 12.0. The molecule has 0 aliphatic rings. The van der Waals surface area contributed by atoms with Gasteiger partial charge in [0.15, 0.2) is 0 Å². The van der Waals surface area contributed by atoms with Crippen molar-refractivity contribution < 1.29 is 14.3 Å². The number of benzene rings is 1. The number of nitrogens with two attached hydrogens (primary N) is 1. The van der Waals surface area contributed by atoms with Gasteiger partial charge in [-0.2, -0.15) is 0 Å². The van der Waals surface area contributed by atoms with Crippen LogP contribution in [0, 0.1) is 0 Å². The molecule has 0 saturated heterocycles. The summed E-state index contributed by atoms with van der Waals surface area (Å²) >= 11 is 0. The molecule has 0 atom stereocenters. The van der Waals surface area contributed by atoms with Gasteiger partial charge in [-0.05, 0) is 38.1 Å². The number of halogens is 1. The van der Waals surface area contributed by atoms with Crippen LogP contribution in [0.5, 0.6) is 5.75 Å². The Hall–Kier alpha value is -1.46. The van der Waals surface area contributed by atoms with Crippen molar-refractivity contribution in [3.8, 4) is 5.75 Å². The number of esters is 1. The zero-order valence-corrected chi connectivity index (χ0v) is 12.8. The molecule has 1 rings (SSSR count). The van der Waals surface area contributed by atoms with E-state index in [0.29, 0.717) is 36.8 Å². The first kappa shape index (κ1) is 18.5. The van der Waals surface area contributed by atoms with Crippen molar-refractivity contribution in [2.75, 3.05) is 32.0 Å². The highest BCUT2D eigenvalue weighted by molar-refractivity contribution is 5.91. The van der Waals surface area contributed by atoms with E-state index < -0.39 is 0 Å². The molecule has 0 aliphatic carbocycles. The van der Waals surface area contributed by atoms with Crippen molar-refractivity contribution in [2.45, 2.75) is 20.3 Å². The Kier molecular flexibility index (Phi) is 9.59. The van der Waals surface area contributed by atoms with Crippen LogP contribution in [0.1, 0.15) is 30.6 Å². The number of rotatable bonds is 8. The third-order valence-electron chi connectivity index (χ3n) is 2.48. The van der Waals surface area contributed by atoms with Crippen LogP contribution in [0.15, 0.2) is 18.2 Å². The minimum Gasteiger partial charge on any atom is -0.492 e. The number of carbonyl (C=O) groups excluding carboxylic acids is 1. The fraction of sp³-hybridized carbons (Fsp3) is 0.500. The van der Waals surface area contributed by atoms with E-state index in [-0.39, 0.29) is 18.4 Å². The lowest BCUT2D eigenvalue weighted by Crippen LogP contribution is -2.22. The van der Waals surface area contributed by atoms with Crippen LogP contribution >= 0.6 is 12.4 Å². The van der Waals surface area contributed by atoms with Gasteiger partial charge < -0.3 is 20.5 Å². The molecule has 20 heavy (non-hydrogen) atoms. The summed E-state index contributed by atoms with van der Waals surface area (Å²) in [7, 11) is 0. The minimum absolute atomic E-state index is 0. The normalized spacial score (nSPS) is 9.70. The van der Waals surface area contributed by atoms with Gasteiger partial charge in [0.1, 0.15) is 12.4 Å². The van der Waals surface area contributed by atoms with Gasteiger partial charge in [0, 0.05) is 6.54 Å². The molecule has 0 radical (unpaired) electrons. The Labute approximate surface area is 126 Å². The van der Waals surface area contributed by atoms with E-state index in [9.17, 15) is 4.79 Å². The van der Waals surface area contributed by atoms with Crippen molar-refractivity contribution in [1.29, 1.82) is 0 Å². The summed E-state index contributed by atoms with van der Waals surface area (Å²) in [6.45, 7) is 6.44. The maximum atomic E-state index is 11.8. The summed E-state index contributed by atoms with van der Waals surface area (Å²) in [6.07, 6.45) is 1.06. The number of hydrogen-bond acceptors (Lipinski definition) is 5. The number of nitrogen functional groups attached to an aromatic ring is 1. The molecule has 0 saturated carbocycles. The van der Waals surface area contributed by atoms with Gasteiger partial charge in [0.05, 0.1) is 17.9 Å². The predicted molar refractivity (Wildman–Crippen MR) is 82.7 cm³/mol. The maximum Gasteiger partial charge on any atom is 0.338 e. The SMILES string of the molecule is CCCNCCOC(=O)c1ccc(OCC)c(N)c1.Cl. The van der Waals surface area contributed by atoms with Gasteiger partial charge >= 0.3 is 5.97 Å². The average Bonchev–Trinajstić information content (AvgIpc) is 2.41. The average molecular weight is 303 g/mol. The minimum atomic E-state index is -0.368. The molecular formula is C14H23ClN2O3. The maximum absolute atomic E-state index is 11.8. The van der Waals surface area contributed by atoms with Crippen molar-refractivity contribution in [3.05, 3.63) is 23.8 Å². The molecule has 0 aromatic heterocycles. The van der Waals surface area contributed by atoms with Crippen LogP contribution in [-0.4, -0.2) is 32.3 Å². The third kappa shape index (κ3) is 6.12. The Balaban J connectivity index is 0.00000361. The number of carbonyl (C=O) groups is 1. The highest BCUT2D eigenvalue weighted by atomic mass is 35.5. The van der Waals surface area contributed by atoms with Crippen molar-refractivity contribution >= 4 is 24.1 Å². The van der Waals surface area contributed by atoms with Crippen molar-refractivity contribution in [2.24, 2.45) is 0 Å². The first-order valence-electron chi connectivity index (χ1n) is 6.59. The summed E-state index contributed by atoms with van der Waals surface area (Å²) in [4.78, 5) is 11.8. The Morgan fingerprint density at radius 1 is 1.30 bits per heavy atom. The van der Waals surface area contributed by atoms with E-state index in [2.05, 4.69) is 12.2 Å². The molecule has 0 fully saturated rings. The van der Waals surface area contributed by atoms with E-state index in [1.165, 1.54) is 0 Å². The predicted octanol–water partition coefficient (Wildman–Crippen LogP) is 2.25. The number of nitrogens with one attached hydrogen (secondary N) is 1. The second-order valence-corrected chi connectivity index (χ2v) is 4.07. The first-order chi connectivity index (χ1) is 9.19. The number of hydrogen-bond donors (Lipinski definition) is 2. The van der Waals surface area contributed by atoms with E-state index in [1.54, 1.807) is 18.2 Å². The fourth-order valence-corrected chi connectivity index (χ4v) is 1.56. The lowest BCUT2D eigenvalue weighted by Gasteiger charge is -2.09. The number of ether oxygens (including phenoxy) is 2. The van der Waals surface area contributed by atoms with E-state index in [0.717, 1.165) is 13.0 Å². The van der Waals surface area contributed by atoms with Crippen LogP contribution in [0.2, 0.25) is 0 Å². The molecule has 1 aromatic carbocycles. The summed E-state index contributed by atoms with van der Waals surface area (Å²) < 4.78 is 10.4. The van der Waals surface area contributed by atoms with Gasteiger partial charge in [-0.1, -0.05) is 6.92 Å². The quantitative estimate of drug-likeness (QED) is 0.438. The highest BCUT2D eigenvalue weighted by Gasteiger charge is 2.09. The van der Waals surface area contributed by atoms with E-state index >= 15 is 0 Å². The lowest BCUT2D eigenvalue weighted by molar-refractivity contribution is 0.0509. The molecule has 0 aliphatic heterocycles. The lowest BCUT2D eigenvalue weighted by atomic mass is 10.2. The summed E-state index contributed by atoms with van der Waals surface area (Å²) in [6, 6.07) is 4.92. The molecule has 114 valence electrons.